The second kappa shape index (κ2) is 4.94. The molecule has 1 aliphatic carbocycles. The van der Waals surface area contributed by atoms with Gasteiger partial charge in [-0.25, -0.2) is 0 Å². The van der Waals surface area contributed by atoms with Crippen LogP contribution in [-0.2, 0) is 4.79 Å². The van der Waals surface area contributed by atoms with Crippen molar-refractivity contribution < 1.29 is 4.79 Å². The first-order valence-electron chi connectivity index (χ1n) is 5.80. The number of hydrogen-bond donors (Lipinski definition) is 2. The predicted octanol–water partition coefficient (Wildman–Crippen LogP) is 0.454. The minimum atomic E-state index is -0.860. The van der Waals surface area contributed by atoms with Crippen molar-refractivity contribution in [3.63, 3.8) is 0 Å². The normalized spacial score (nSPS) is 20.3. The molecule has 4 nitrogen and oxygen atoms in total. The third-order valence-corrected chi connectivity index (χ3v) is 3.06. The SMILES string of the molecule is CCCN(CCC(C)(N)C(N)=O)C1CC1. The highest BCUT2D eigenvalue weighted by Gasteiger charge is 2.31. The van der Waals surface area contributed by atoms with Gasteiger partial charge in [0.2, 0.25) is 5.91 Å². The van der Waals surface area contributed by atoms with Crippen LogP contribution in [0.1, 0.15) is 39.5 Å². The lowest BCUT2D eigenvalue weighted by Gasteiger charge is -2.26. The van der Waals surface area contributed by atoms with E-state index >= 15 is 0 Å². The number of amides is 1. The molecule has 4 N–H and O–H groups in total. The molecule has 1 aliphatic rings. The molecule has 1 saturated carbocycles. The Morgan fingerprint density at radius 1 is 1.47 bits per heavy atom. The third kappa shape index (κ3) is 3.80. The van der Waals surface area contributed by atoms with Gasteiger partial charge in [0.05, 0.1) is 5.54 Å². The fourth-order valence-corrected chi connectivity index (χ4v) is 1.70. The summed E-state index contributed by atoms with van der Waals surface area (Å²) in [5.41, 5.74) is 10.2. The van der Waals surface area contributed by atoms with Crippen LogP contribution in [0, 0.1) is 0 Å². The Labute approximate surface area is 92.0 Å². The summed E-state index contributed by atoms with van der Waals surface area (Å²) in [4.78, 5) is 13.5. The Hall–Kier alpha value is -0.610. The zero-order valence-corrected chi connectivity index (χ0v) is 9.83. The topological polar surface area (TPSA) is 72.3 Å². The molecule has 0 aromatic carbocycles. The second-order valence-electron chi connectivity index (χ2n) is 4.80. The summed E-state index contributed by atoms with van der Waals surface area (Å²) in [6.07, 6.45) is 4.38. The third-order valence-electron chi connectivity index (χ3n) is 3.06. The lowest BCUT2D eigenvalue weighted by Crippen LogP contribution is -2.51. The summed E-state index contributed by atoms with van der Waals surface area (Å²) in [5.74, 6) is -0.408. The molecule has 1 atom stereocenters. The van der Waals surface area contributed by atoms with E-state index in [0.717, 1.165) is 25.6 Å². The van der Waals surface area contributed by atoms with Crippen LogP contribution in [0.4, 0.5) is 0 Å². The van der Waals surface area contributed by atoms with Gasteiger partial charge in [-0.15, -0.1) is 0 Å². The van der Waals surface area contributed by atoms with Crippen molar-refractivity contribution in [2.75, 3.05) is 13.1 Å². The van der Waals surface area contributed by atoms with Crippen molar-refractivity contribution in [3.8, 4) is 0 Å². The highest BCUT2D eigenvalue weighted by Crippen LogP contribution is 2.27. The first-order chi connectivity index (χ1) is 6.97. The molecule has 1 unspecified atom stereocenters. The van der Waals surface area contributed by atoms with Crippen LogP contribution in [-0.4, -0.2) is 35.5 Å². The highest BCUT2D eigenvalue weighted by atomic mass is 16.1. The zero-order valence-electron chi connectivity index (χ0n) is 9.83. The molecule has 0 saturated heterocycles. The summed E-state index contributed by atoms with van der Waals surface area (Å²) in [7, 11) is 0. The summed E-state index contributed by atoms with van der Waals surface area (Å²) in [5, 5.41) is 0. The Morgan fingerprint density at radius 2 is 2.07 bits per heavy atom. The van der Waals surface area contributed by atoms with E-state index in [4.69, 9.17) is 11.5 Å². The maximum atomic E-state index is 11.1. The minimum Gasteiger partial charge on any atom is -0.368 e. The predicted molar refractivity (Wildman–Crippen MR) is 61.3 cm³/mol. The Kier molecular flexibility index (Phi) is 4.11. The molecule has 1 rings (SSSR count). The molecule has 0 aromatic rings. The van der Waals surface area contributed by atoms with Gasteiger partial charge in [-0.2, -0.15) is 0 Å². The van der Waals surface area contributed by atoms with Gasteiger partial charge in [0.1, 0.15) is 0 Å². The molecule has 1 fully saturated rings. The van der Waals surface area contributed by atoms with E-state index in [1.165, 1.54) is 12.8 Å². The van der Waals surface area contributed by atoms with E-state index in [9.17, 15) is 4.79 Å². The Balaban J connectivity index is 2.35. The van der Waals surface area contributed by atoms with E-state index in [1.807, 2.05) is 0 Å². The van der Waals surface area contributed by atoms with Crippen LogP contribution in [0.3, 0.4) is 0 Å². The fourth-order valence-electron chi connectivity index (χ4n) is 1.70. The molecule has 88 valence electrons. The van der Waals surface area contributed by atoms with Gasteiger partial charge >= 0.3 is 0 Å². The van der Waals surface area contributed by atoms with E-state index in [2.05, 4.69) is 11.8 Å². The molecular weight excluding hydrogens is 190 g/mol. The summed E-state index contributed by atoms with van der Waals surface area (Å²) < 4.78 is 0. The largest absolute Gasteiger partial charge is 0.368 e. The molecule has 0 aromatic heterocycles. The van der Waals surface area contributed by atoms with Gasteiger partial charge in [-0.05, 0) is 39.2 Å². The fraction of sp³-hybridized carbons (Fsp3) is 0.909. The number of hydrogen-bond acceptors (Lipinski definition) is 3. The lowest BCUT2D eigenvalue weighted by molar-refractivity contribution is -0.122. The maximum absolute atomic E-state index is 11.1. The monoisotopic (exact) mass is 213 g/mol. The first-order valence-corrected chi connectivity index (χ1v) is 5.80. The molecule has 1 amide bonds. The zero-order chi connectivity index (χ0) is 11.5. The van der Waals surface area contributed by atoms with Gasteiger partial charge in [0.25, 0.3) is 0 Å². The van der Waals surface area contributed by atoms with E-state index in [0.29, 0.717) is 6.42 Å². The Bertz CT molecular complexity index is 224. The highest BCUT2D eigenvalue weighted by molar-refractivity contribution is 5.83. The average molecular weight is 213 g/mol. The number of carbonyl (C=O) groups excluding carboxylic acids is 1. The van der Waals surface area contributed by atoms with Gasteiger partial charge in [-0.1, -0.05) is 6.92 Å². The van der Waals surface area contributed by atoms with Crippen LogP contribution in [0.2, 0.25) is 0 Å². The standard InChI is InChI=1S/C11H23N3O/c1-3-7-14(9-4-5-9)8-6-11(2,13)10(12)15/h9H,3-8,13H2,1-2H3,(H2,12,15). The lowest BCUT2D eigenvalue weighted by atomic mass is 9.98. The number of carbonyl (C=O) groups is 1. The van der Waals surface area contributed by atoms with Crippen molar-refractivity contribution in [1.82, 2.24) is 4.90 Å². The maximum Gasteiger partial charge on any atom is 0.237 e. The molecule has 4 heteroatoms. The average Bonchev–Trinajstić information content (AvgIpc) is 2.95. The number of primary amides is 1. The van der Waals surface area contributed by atoms with Gasteiger partial charge < -0.3 is 16.4 Å². The molecule has 0 aliphatic heterocycles. The van der Waals surface area contributed by atoms with E-state index in [1.54, 1.807) is 6.92 Å². The van der Waals surface area contributed by atoms with Crippen molar-refractivity contribution in [3.05, 3.63) is 0 Å². The molecule has 15 heavy (non-hydrogen) atoms. The van der Waals surface area contributed by atoms with Gasteiger partial charge in [0, 0.05) is 12.6 Å². The smallest absolute Gasteiger partial charge is 0.237 e. The molecule has 0 heterocycles. The van der Waals surface area contributed by atoms with Crippen molar-refractivity contribution in [2.24, 2.45) is 11.5 Å². The van der Waals surface area contributed by atoms with Crippen molar-refractivity contribution in [1.29, 1.82) is 0 Å². The quantitative estimate of drug-likeness (QED) is 0.645. The first kappa shape index (κ1) is 12.5. The molecule has 0 radical (unpaired) electrons. The van der Waals surface area contributed by atoms with Gasteiger partial charge in [0.15, 0.2) is 0 Å². The number of nitrogens with zero attached hydrogens (tertiary/aromatic N) is 1. The second-order valence-corrected chi connectivity index (χ2v) is 4.80. The number of rotatable bonds is 7. The van der Waals surface area contributed by atoms with Crippen LogP contribution in [0.15, 0.2) is 0 Å². The van der Waals surface area contributed by atoms with Crippen LogP contribution >= 0.6 is 0 Å². The molecule has 0 spiro atoms. The summed E-state index contributed by atoms with van der Waals surface area (Å²) in [6, 6.07) is 0.730. The van der Waals surface area contributed by atoms with Crippen molar-refractivity contribution in [2.45, 2.75) is 51.1 Å². The molecule has 0 bridgehead atoms. The minimum absolute atomic E-state index is 0.408. The Morgan fingerprint density at radius 3 is 2.47 bits per heavy atom. The van der Waals surface area contributed by atoms with Crippen molar-refractivity contribution >= 4 is 5.91 Å². The van der Waals surface area contributed by atoms with E-state index < -0.39 is 11.4 Å². The van der Waals surface area contributed by atoms with Crippen LogP contribution in [0.25, 0.3) is 0 Å². The summed E-state index contributed by atoms with van der Waals surface area (Å²) >= 11 is 0. The van der Waals surface area contributed by atoms with Gasteiger partial charge in [-0.3, -0.25) is 4.79 Å². The van der Waals surface area contributed by atoms with E-state index in [-0.39, 0.29) is 0 Å². The van der Waals surface area contributed by atoms with Crippen LogP contribution < -0.4 is 11.5 Å². The summed E-state index contributed by atoms with van der Waals surface area (Å²) in [6.45, 7) is 5.87. The number of nitrogens with two attached hydrogens (primary N) is 2. The van der Waals surface area contributed by atoms with Crippen LogP contribution in [0.5, 0.6) is 0 Å². The molecular formula is C11H23N3O.